The largest absolute Gasteiger partial charge is 0.354 e. The van der Waals surface area contributed by atoms with Crippen LogP contribution in [-0.2, 0) is 0 Å². The van der Waals surface area contributed by atoms with E-state index in [1.807, 2.05) is 0 Å². The zero-order valence-electron chi connectivity index (χ0n) is 11.7. The van der Waals surface area contributed by atoms with Crippen molar-refractivity contribution in [3.8, 4) is 0 Å². The molecule has 116 valence electrons. The average molecular weight is 331 g/mol. The predicted octanol–water partition coefficient (Wildman–Crippen LogP) is 3.91. The molecule has 23 heavy (non-hydrogen) atoms. The van der Waals surface area contributed by atoms with Crippen LogP contribution < -0.4 is 5.32 Å². The van der Waals surface area contributed by atoms with Crippen molar-refractivity contribution < 1.29 is 14.6 Å². The number of anilines is 2. The van der Waals surface area contributed by atoms with Crippen molar-refractivity contribution in [3.63, 3.8) is 0 Å². The van der Waals surface area contributed by atoms with E-state index in [0.29, 0.717) is 21.2 Å². The lowest BCUT2D eigenvalue weighted by Gasteiger charge is -2.21. The summed E-state index contributed by atoms with van der Waals surface area (Å²) >= 11 is 1.18. The van der Waals surface area contributed by atoms with Crippen molar-refractivity contribution in [2.24, 2.45) is 0 Å². The van der Waals surface area contributed by atoms with Crippen LogP contribution in [-0.4, -0.2) is 15.6 Å². The molecule has 1 N–H and O–H groups in total. The van der Waals surface area contributed by atoms with Crippen molar-refractivity contribution >= 4 is 40.3 Å². The van der Waals surface area contributed by atoms with Crippen LogP contribution in [0.2, 0.25) is 0 Å². The fourth-order valence-electron chi connectivity index (χ4n) is 2.26. The summed E-state index contributed by atoms with van der Waals surface area (Å²) in [5, 5.41) is 25.0. The van der Waals surface area contributed by atoms with Gasteiger partial charge in [-0.05, 0) is 19.1 Å². The topological polar surface area (TPSA) is 115 Å². The van der Waals surface area contributed by atoms with Gasteiger partial charge in [0, 0.05) is 28.0 Å². The minimum absolute atomic E-state index is 0.0206. The quantitative estimate of drug-likeness (QED) is 0.439. The highest BCUT2D eigenvalue weighted by Crippen LogP contribution is 2.47. The Bertz CT molecular complexity index is 881. The summed E-state index contributed by atoms with van der Waals surface area (Å²) < 4.78 is 0. The number of hydrogen-bond donors (Lipinski definition) is 1. The average Bonchev–Trinajstić information content (AvgIpc) is 2.50. The van der Waals surface area contributed by atoms with Gasteiger partial charge in [-0.2, -0.15) is 0 Å². The second kappa shape index (κ2) is 5.36. The van der Waals surface area contributed by atoms with Gasteiger partial charge in [-0.3, -0.25) is 25.0 Å². The molecular weight excluding hydrogens is 322 g/mol. The Labute approximate surface area is 133 Å². The monoisotopic (exact) mass is 331 g/mol. The van der Waals surface area contributed by atoms with Gasteiger partial charge in [0.05, 0.1) is 26.8 Å². The molecule has 2 aromatic carbocycles. The number of hydrogen-bond acceptors (Lipinski definition) is 7. The molecule has 0 atom stereocenters. The zero-order chi connectivity index (χ0) is 16.7. The number of nitrogens with one attached hydrogen (secondary N) is 1. The minimum Gasteiger partial charge on any atom is -0.354 e. The second-order valence-electron chi connectivity index (χ2n) is 4.84. The highest BCUT2D eigenvalue weighted by Gasteiger charge is 2.25. The SMILES string of the molecule is CC(=O)c1cc2c(cc1[N+](=O)[O-])Sc1cc([N+](=O)[O-])ccc1N2. The molecule has 8 nitrogen and oxygen atoms in total. The first-order valence-electron chi connectivity index (χ1n) is 6.43. The minimum atomic E-state index is -0.611. The van der Waals surface area contributed by atoms with Gasteiger partial charge in [0.2, 0.25) is 0 Å². The molecule has 1 aliphatic heterocycles. The Morgan fingerprint density at radius 2 is 1.74 bits per heavy atom. The molecule has 0 amide bonds. The number of ketones is 1. The van der Waals surface area contributed by atoms with E-state index in [2.05, 4.69) is 5.32 Å². The number of Topliss-reactive ketones (excluding diaryl/α,β-unsaturated/α-hetero) is 1. The fraction of sp³-hybridized carbons (Fsp3) is 0.0714. The summed E-state index contributed by atoms with van der Waals surface area (Å²) in [6, 6.07) is 7.09. The molecule has 1 aliphatic rings. The van der Waals surface area contributed by atoms with Gasteiger partial charge in [0.1, 0.15) is 0 Å². The van der Waals surface area contributed by atoms with E-state index in [-0.39, 0.29) is 16.9 Å². The maximum absolute atomic E-state index is 11.6. The van der Waals surface area contributed by atoms with Gasteiger partial charge in [0.15, 0.2) is 5.78 Å². The predicted molar refractivity (Wildman–Crippen MR) is 83.6 cm³/mol. The second-order valence-corrected chi connectivity index (χ2v) is 5.93. The summed E-state index contributed by atoms with van der Waals surface area (Å²) in [6.07, 6.45) is 0. The summed E-state index contributed by atoms with van der Waals surface area (Å²) in [6.45, 7) is 1.27. The van der Waals surface area contributed by atoms with E-state index in [1.165, 1.54) is 43.0 Å². The summed E-state index contributed by atoms with van der Waals surface area (Å²) in [5.41, 5.74) is 0.895. The number of carbonyl (C=O) groups excluding carboxylic acids is 1. The molecule has 0 unspecified atom stereocenters. The van der Waals surface area contributed by atoms with Crippen LogP contribution in [0.1, 0.15) is 17.3 Å². The normalized spacial score (nSPS) is 11.9. The van der Waals surface area contributed by atoms with Gasteiger partial charge in [-0.25, -0.2) is 0 Å². The van der Waals surface area contributed by atoms with Crippen molar-refractivity contribution in [3.05, 3.63) is 56.1 Å². The van der Waals surface area contributed by atoms with Gasteiger partial charge >= 0.3 is 0 Å². The van der Waals surface area contributed by atoms with Crippen LogP contribution >= 0.6 is 11.8 Å². The molecule has 3 rings (SSSR count). The Hall–Kier alpha value is -2.94. The van der Waals surface area contributed by atoms with E-state index in [9.17, 15) is 25.0 Å². The number of non-ortho nitro benzene ring substituents is 1. The number of nitrogens with zero attached hydrogens (tertiary/aromatic N) is 2. The number of benzene rings is 2. The van der Waals surface area contributed by atoms with E-state index < -0.39 is 15.6 Å². The molecule has 0 saturated heterocycles. The van der Waals surface area contributed by atoms with Crippen LogP contribution in [0.5, 0.6) is 0 Å². The summed E-state index contributed by atoms with van der Waals surface area (Å²) in [5.74, 6) is -0.402. The third kappa shape index (κ3) is 2.61. The maximum atomic E-state index is 11.6. The summed E-state index contributed by atoms with van der Waals surface area (Å²) in [4.78, 5) is 33.6. The first-order chi connectivity index (χ1) is 10.9. The Morgan fingerprint density at radius 1 is 1.04 bits per heavy atom. The highest BCUT2D eigenvalue weighted by molar-refractivity contribution is 7.99. The molecule has 0 saturated carbocycles. The van der Waals surface area contributed by atoms with Gasteiger partial charge in [0.25, 0.3) is 11.4 Å². The van der Waals surface area contributed by atoms with E-state index in [1.54, 1.807) is 6.07 Å². The Morgan fingerprint density at radius 3 is 2.35 bits per heavy atom. The molecule has 0 aliphatic carbocycles. The number of rotatable bonds is 3. The molecule has 0 radical (unpaired) electrons. The van der Waals surface area contributed by atoms with Crippen LogP contribution in [0, 0.1) is 20.2 Å². The lowest BCUT2D eigenvalue weighted by molar-refractivity contribution is -0.385. The molecule has 0 bridgehead atoms. The lowest BCUT2D eigenvalue weighted by atomic mass is 10.1. The first-order valence-corrected chi connectivity index (χ1v) is 7.25. The van der Waals surface area contributed by atoms with Crippen molar-refractivity contribution in [2.45, 2.75) is 16.7 Å². The van der Waals surface area contributed by atoms with Gasteiger partial charge in [-0.15, -0.1) is 0 Å². The zero-order valence-corrected chi connectivity index (χ0v) is 12.5. The third-order valence-electron chi connectivity index (χ3n) is 3.34. The van der Waals surface area contributed by atoms with Gasteiger partial charge < -0.3 is 5.32 Å². The van der Waals surface area contributed by atoms with Crippen molar-refractivity contribution in [1.82, 2.24) is 0 Å². The van der Waals surface area contributed by atoms with E-state index in [0.717, 1.165) is 0 Å². The van der Waals surface area contributed by atoms with Crippen molar-refractivity contribution in [2.75, 3.05) is 5.32 Å². The smallest absolute Gasteiger partial charge is 0.281 e. The number of fused-ring (bicyclic) bond motifs is 2. The molecule has 1 heterocycles. The van der Waals surface area contributed by atoms with Crippen LogP contribution in [0.4, 0.5) is 22.7 Å². The highest BCUT2D eigenvalue weighted by atomic mass is 32.2. The molecule has 0 aromatic heterocycles. The summed E-state index contributed by atoms with van der Waals surface area (Å²) in [7, 11) is 0. The van der Waals surface area contributed by atoms with Crippen LogP contribution in [0.15, 0.2) is 40.1 Å². The number of nitro groups is 2. The van der Waals surface area contributed by atoms with Gasteiger partial charge in [-0.1, -0.05) is 11.8 Å². The van der Waals surface area contributed by atoms with Crippen LogP contribution in [0.25, 0.3) is 0 Å². The first kappa shape index (κ1) is 15.0. The molecular formula is C14H9N3O5S. The standard InChI is InChI=1S/C14H9N3O5S/c1-7(18)9-5-11-14(6-12(9)17(21)22)23-13-4-8(16(19)20)2-3-10(13)15-11/h2-6,15H,1H3. The third-order valence-corrected chi connectivity index (χ3v) is 4.45. The Balaban J connectivity index is 2.10. The molecule has 9 heteroatoms. The fourth-order valence-corrected chi connectivity index (χ4v) is 3.30. The molecule has 2 aromatic rings. The number of nitro benzene ring substituents is 2. The molecule has 0 fully saturated rings. The lowest BCUT2D eigenvalue weighted by Crippen LogP contribution is -2.06. The van der Waals surface area contributed by atoms with E-state index >= 15 is 0 Å². The number of carbonyl (C=O) groups is 1. The Kier molecular flexibility index (Phi) is 3.49. The van der Waals surface area contributed by atoms with Crippen LogP contribution in [0.3, 0.4) is 0 Å². The maximum Gasteiger partial charge on any atom is 0.281 e. The molecule has 0 spiro atoms. The van der Waals surface area contributed by atoms with Crippen molar-refractivity contribution in [1.29, 1.82) is 0 Å². The van der Waals surface area contributed by atoms with E-state index in [4.69, 9.17) is 0 Å².